The first kappa shape index (κ1) is 17.2. The third-order valence-electron chi connectivity index (χ3n) is 4.42. The number of hydrogen-bond acceptors (Lipinski definition) is 3. The maximum absolute atomic E-state index is 14.4. The smallest absolute Gasteiger partial charge is 0.490 e. The van der Waals surface area contributed by atoms with E-state index >= 15 is 0 Å². The summed E-state index contributed by atoms with van der Waals surface area (Å²) in [7, 11) is 0. The van der Waals surface area contributed by atoms with Gasteiger partial charge in [0.05, 0.1) is 13.2 Å². The molecule has 2 fully saturated rings. The van der Waals surface area contributed by atoms with E-state index in [0.29, 0.717) is 18.4 Å². The van der Waals surface area contributed by atoms with Crippen LogP contribution in [0.1, 0.15) is 38.5 Å². The van der Waals surface area contributed by atoms with Gasteiger partial charge in [0.1, 0.15) is 0 Å². The van der Waals surface area contributed by atoms with E-state index in [2.05, 4.69) is 4.74 Å². The van der Waals surface area contributed by atoms with E-state index in [1.54, 1.807) is 0 Å². The number of benzene rings is 1. The summed E-state index contributed by atoms with van der Waals surface area (Å²) in [5.74, 6) is -1.72. The van der Waals surface area contributed by atoms with Crippen LogP contribution < -0.4 is 14.2 Å². The number of halogens is 4. The SMILES string of the molecule is Fc1c(OCC2CC2)ccc(OCCC2CCC2)c1OC(F)(F)F. The van der Waals surface area contributed by atoms with Crippen molar-refractivity contribution in [1.29, 1.82) is 0 Å². The van der Waals surface area contributed by atoms with Crippen molar-refractivity contribution in [3.8, 4) is 17.2 Å². The van der Waals surface area contributed by atoms with E-state index in [-0.39, 0.29) is 18.1 Å². The minimum Gasteiger partial charge on any atom is -0.490 e. The van der Waals surface area contributed by atoms with E-state index in [9.17, 15) is 17.6 Å². The highest BCUT2D eigenvalue weighted by Gasteiger charge is 2.35. The van der Waals surface area contributed by atoms with Gasteiger partial charge in [-0.25, -0.2) is 0 Å². The molecule has 3 nitrogen and oxygen atoms in total. The molecule has 0 N–H and O–H groups in total. The lowest BCUT2D eigenvalue weighted by Gasteiger charge is -2.25. The highest BCUT2D eigenvalue weighted by Crippen LogP contribution is 2.40. The first-order valence-electron chi connectivity index (χ1n) is 8.26. The second kappa shape index (κ2) is 7.07. The Kier molecular flexibility index (Phi) is 5.06. The van der Waals surface area contributed by atoms with Crippen molar-refractivity contribution >= 4 is 0 Å². The largest absolute Gasteiger partial charge is 0.573 e. The van der Waals surface area contributed by atoms with E-state index in [1.807, 2.05) is 0 Å². The lowest BCUT2D eigenvalue weighted by Crippen LogP contribution is -2.20. The summed E-state index contributed by atoms with van der Waals surface area (Å²) >= 11 is 0. The summed E-state index contributed by atoms with van der Waals surface area (Å²) in [6.45, 7) is 0.533. The van der Waals surface area contributed by atoms with Gasteiger partial charge in [0, 0.05) is 0 Å². The Labute approximate surface area is 137 Å². The van der Waals surface area contributed by atoms with Crippen LogP contribution in [0.5, 0.6) is 17.2 Å². The van der Waals surface area contributed by atoms with Crippen LogP contribution in [0.15, 0.2) is 12.1 Å². The van der Waals surface area contributed by atoms with Crippen LogP contribution in [0.2, 0.25) is 0 Å². The Hall–Kier alpha value is -1.66. The zero-order valence-electron chi connectivity index (χ0n) is 13.2. The van der Waals surface area contributed by atoms with Crippen molar-refractivity contribution in [3.63, 3.8) is 0 Å². The van der Waals surface area contributed by atoms with Gasteiger partial charge in [-0.05, 0) is 43.2 Å². The predicted molar refractivity (Wildman–Crippen MR) is 78.8 cm³/mol. The molecule has 1 aromatic carbocycles. The van der Waals surface area contributed by atoms with Crippen LogP contribution in [0.4, 0.5) is 17.6 Å². The number of alkyl halides is 3. The molecule has 0 saturated heterocycles. The molecule has 0 amide bonds. The molecule has 0 radical (unpaired) electrons. The first-order chi connectivity index (χ1) is 11.4. The molecule has 3 rings (SSSR count). The van der Waals surface area contributed by atoms with Crippen LogP contribution in [-0.2, 0) is 0 Å². The number of hydrogen-bond donors (Lipinski definition) is 0. The maximum Gasteiger partial charge on any atom is 0.573 e. The van der Waals surface area contributed by atoms with Crippen LogP contribution in [-0.4, -0.2) is 19.6 Å². The summed E-state index contributed by atoms with van der Waals surface area (Å²) in [5, 5.41) is 0. The highest BCUT2D eigenvalue weighted by molar-refractivity contribution is 5.47. The average Bonchev–Trinajstić information content (AvgIpc) is 3.27. The van der Waals surface area contributed by atoms with Crippen molar-refractivity contribution in [2.24, 2.45) is 11.8 Å². The van der Waals surface area contributed by atoms with E-state index in [0.717, 1.165) is 32.1 Å². The molecular weight excluding hydrogens is 328 g/mol. The molecule has 2 aliphatic carbocycles. The first-order valence-corrected chi connectivity index (χ1v) is 8.26. The van der Waals surface area contributed by atoms with Crippen LogP contribution in [0, 0.1) is 17.7 Å². The van der Waals surface area contributed by atoms with Crippen LogP contribution in [0.3, 0.4) is 0 Å². The molecule has 2 aliphatic rings. The quantitative estimate of drug-likeness (QED) is 0.613. The fourth-order valence-electron chi connectivity index (χ4n) is 2.57. The second-order valence-corrected chi connectivity index (χ2v) is 6.44. The fraction of sp³-hybridized carbons (Fsp3) is 0.647. The van der Waals surface area contributed by atoms with Gasteiger partial charge in [0.2, 0.25) is 11.6 Å². The topological polar surface area (TPSA) is 27.7 Å². The average molecular weight is 348 g/mol. The Morgan fingerprint density at radius 3 is 2.25 bits per heavy atom. The van der Waals surface area contributed by atoms with Crippen molar-refractivity contribution in [3.05, 3.63) is 17.9 Å². The summed E-state index contributed by atoms with van der Waals surface area (Å²) in [6, 6.07) is 2.56. The normalized spacial score (nSPS) is 18.2. The number of ether oxygens (including phenoxy) is 3. The molecule has 0 heterocycles. The number of rotatable bonds is 8. The van der Waals surface area contributed by atoms with E-state index in [4.69, 9.17) is 9.47 Å². The van der Waals surface area contributed by atoms with Gasteiger partial charge in [-0.1, -0.05) is 19.3 Å². The summed E-state index contributed by atoms with van der Waals surface area (Å²) in [4.78, 5) is 0. The lowest BCUT2D eigenvalue weighted by molar-refractivity contribution is -0.276. The van der Waals surface area contributed by atoms with Crippen LogP contribution in [0.25, 0.3) is 0 Å². The Balaban J connectivity index is 1.70. The van der Waals surface area contributed by atoms with E-state index in [1.165, 1.54) is 18.6 Å². The third-order valence-corrected chi connectivity index (χ3v) is 4.42. The van der Waals surface area contributed by atoms with Gasteiger partial charge < -0.3 is 14.2 Å². The van der Waals surface area contributed by atoms with Crippen molar-refractivity contribution in [2.45, 2.75) is 44.9 Å². The minimum absolute atomic E-state index is 0.237. The summed E-state index contributed by atoms with van der Waals surface area (Å²) in [5.41, 5.74) is 0. The van der Waals surface area contributed by atoms with Crippen molar-refractivity contribution < 1.29 is 31.8 Å². The minimum atomic E-state index is -5.00. The third kappa shape index (κ3) is 4.68. The zero-order valence-corrected chi connectivity index (χ0v) is 13.2. The monoisotopic (exact) mass is 348 g/mol. The molecule has 7 heteroatoms. The molecule has 0 unspecified atom stereocenters. The molecule has 0 aliphatic heterocycles. The second-order valence-electron chi connectivity index (χ2n) is 6.44. The van der Waals surface area contributed by atoms with E-state index < -0.39 is 17.9 Å². The summed E-state index contributed by atoms with van der Waals surface area (Å²) < 4.78 is 66.6. The molecule has 0 aromatic heterocycles. The zero-order chi connectivity index (χ0) is 17.2. The van der Waals surface area contributed by atoms with Gasteiger partial charge in [-0.3, -0.25) is 0 Å². The molecular formula is C17H20F4O3. The molecule has 2 saturated carbocycles. The highest BCUT2D eigenvalue weighted by atomic mass is 19.4. The summed E-state index contributed by atoms with van der Waals surface area (Å²) in [6.07, 6.45) is 1.13. The van der Waals surface area contributed by atoms with Crippen LogP contribution >= 0.6 is 0 Å². The fourth-order valence-corrected chi connectivity index (χ4v) is 2.57. The molecule has 0 bridgehead atoms. The van der Waals surface area contributed by atoms with Crippen molar-refractivity contribution in [1.82, 2.24) is 0 Å². The predicted octanol–water partition coefficient (Wildman–Crippen LogP) is 5.08. The Morgan fingerprint density at radius 2 is 1.67 bits per heavy atom. The van der Waals surface area contributed by atoms with Crippen molar-refractivity contribution in [2.75, 3.05) is 13.2 Å². The van der Waals surface area contributed by atoms with Gasteiger partial charge in [0.15, 0.2) is 11.5 Å². The molecule has 0 atom stereocenters. The molecule has 24 heavy (non-hydrogen) atoms. The van der Waals surface area contributed by atoms with Gasteiger partial charge in [-0.15, -0.1) is 13.2 Å². The lowest BCUT2D eigenvalue weighted by atomic mass is 9.83. The standard InChI is InChI=1S/C17H20F4O3/c18-15-13(23-10-12-4-5-12)6-7-14(16(15)24-17(19,20)21)22-9-8-11-2-1-3-11/h6-7,11-12H,1-5,8-10H2. The molecule has 1 aromatic rings. The maximum atomic E-state index is 14.4. The Bertz CT molecular complexity index is 566. The van der Waals surface area contributed by atoms with Gasteiger partial charge in [0.25, 0.3) is 0 Å². The molecule has 134 valence electrons. The van der Waals surface area contributed by atoms with Gasteiger partial charge >= 0.3 is 6.36 Å². The van der Waals surface area contributed by atoms with Gasteiger partial charge in [-0.2, -0.15) is 4.39 Å². The molecule has 0 spiro atoms. The Morgan fingerprint density at radius 1 is 0.958 bits per heavy atom.